The van der Waals surface area contributed by atoms with Gasteiger partial charge in [-0.15, -0.1) is 0 Å². The quantitative estimate of drug-likeness (QED) is 0.614. The third-order valence-corrected chi connectivity index (χ3v) is 4.51. The number of furan rings is 1. The maximum Gasteiger partial charge on any atom is 0.252 e. The summed E-state index contributed by atoms with van der Waals surface area (Å²) in [5, 5.41) is 3.89. The molecule has 0 bridgehead atoms. The van der Waals surface area contributed by atoms with Gasteiger partial charge in [0, 0.05) is 8.96 Å². The van der Waals surface area contributed by atoms with Crippen molar-refractivity contribution in [3.63, 3.8) is 0 Å². The Bertz CT molecular complexity index is 855. The fourth-order valence-electron chi connectivity index (χ4n) is 2.41. The van der Waals surface area contributed by atoms with Gasteiger partial charge in [-0.2, -0.15) is 0 Å². The van der Waals surface area contributed by atoms with E-state index in [1.807, 2.05) is 30.3 Å². The number of rotatable bonds is 5. The summed E-state index contributed by atoms with van der Waals surface area (Å²) in [6.07, 6.45) is 0. The number of carbonyl (C=O) groups is 1. The van der Waals surface area contributed by atoms with Gasteiger partial charge in [-0.3, -0.25) is 4.79 Å². The van der Waals surface area contributed by atoms with Gasteiger partial charge in [-0.1, -0.05) is 18.2 Å². The number of amides is 1. The summed E-state index contributed by atoms with van der Waals surface area (Å²) >= 11 is 2.10. The lowest BCUT2D eigenvalue weighted by Gasteiger charge is -2.11. The maximum absolute atomic E-state index is 12.5. The molecule has 5 nitrogen and oxygen atoms in total. The molecule has 0 aliphatic carbocycles. The van der Waals surface area contributed by atoms with Crippen molar-refractivity contribution in [3.05, 3.63) is 57.4 Å². The van der Waals surface area contributed by atoms with Crippen LogP contribution in [0.15, 0.2) is 46.9 Å². The molecule has 1 N–H and O–H groups in total. The van der Waals surface area contributed by atoms with Gasteiger partial charge in [-0.05, 0) is 46.9 Å². The van der Waals surface area contributed by atoms with Crippen LogP contribution in [-0.2, 0) is 6.54 Å². The predicted octanol–water partition coefficient (Wildman–Crippen LogP) is 3.98. The third-order valence-electron chi connectivity index (χ3n) is 3.62. The minimum atomic E-state index is -0.194. The van der Waals surface area contributed by atoms with Crippen molar-refractivity contribution < 1.29 is 18.7 Å². The molecular weight excluding hydrogens is 421 g/mol. The van der Waals surface area contributed by atoms with Crippen LogP contribution in [0.3, 0.4) is 0 Å². The Morgan fingerprint density at radius 1 is 1.12 bits per heavy atom. The first-order valence-electron chi connectivity index (χ1n) is 7.29. The highest BCUT2D eigenvalue weighted by molar-refractivity contribution is 14.1. The summed E-state index contributed by atoms with van der Waals surface area (Å²) in [7, 11) is 3.11. The van der Waals surface area contributed by atoms with Crippen molar-refractivity contribution in [1.29, 1.82) is 0 Å². The van der Waals surface area contributed by atoms with E-state index in [9.17, 15) is 4.79 Å². The minimum absolute atomic E-state index is 0.194. The molecule has 0 fully saturated rings. The largest absolute Gasteiger partial charge is 0.493 e. The van der Waals surface area contributed by atoms with E-state index in [1.165, 1.54) is 0 Å². The van der Waals surface area contributed by atoms with E-state index in [-0.39, 0.29) is 5.91 Å². The number of methoxy groups -OCH3 is 2. The molecule has 0 unspecified atom stereocenters. The van der Waals surface area contributed by atoms with Crippen molar-refractivity contribution in [1.82, 2.24) is 5.32 Å². The van der Waals surface area contributed by atoms with Crippen LogP contribution in [0, 0.1) is 3.57 Å². The smallest absolute Gasteiger partial charge is 0.252 e. The summed E-state index contributed by atoms with van der Waals surface area (Å²) in [6, 6.07) is 13.1. The molecule has 2 aromatic carbocycles. The van der Waals surface area contributed by atoms with Crippen molar-refractivity contribution in [2.24, 2.45) is 0 Å². The number of ether oxygens (including phenoxy) is 2. The molecule has 0 atom stereocenters. The van der Waals surface area contributed by atoms with Crippen molar-refractivity contribution in [2.45, 2.75) is 6.54 Å². The average molecular weight is 437 g/mol. The Hall–Kier alpha value is -2.22. The third kappa shape index (κ3) is 3.33. The number of fused-ring (bicyclic) bond motifs is 1. The lowest BCUT2D eigenvalue weighted by atomic mass is 10.2. The van der Waals surface area contributed by atoms with E-state index in [4.69, 9.17) is 13.9 Å². The van der Waals surface area contributed by atoms with E-state index in [0.717, 1.165) is 14.5 Å². The molecule has 0 aliphatic rings. The SMILES string of the molecule is COc1cc(I)c(C(=O)NCc2cc3ccccc3o2)cc1OC. The molecule has 1 aromatic heterocycles. The lowest BCUT2D eigenvalue weighted by Crippen LogP contribution is -2.23. The Morgan fingerprint density at radius 2 is 1.83 bits per heavy atom. The van der Waals surface area contributed by atoms with Crippen LogP contribution in [0.2, 0.25) is 0 Å². The fourth-order valence-corrected chi connectivity index (χ4v) is 3.10. The van der Waals surface area contributed by atoms with Gasteiger partial charge < -0.3 is 19.2 Å². The maximum atomic E-state index is 12.5. The average Bonchev–Trinajstić information content (AvgIpc) is 3.02. The van der Waals surface area contributed by atoms with Crippen LogP contribution in [0.25, 0.3) is 11.0 Å². The summed E-state index contributed by atoms with van der Waals surface area (Å²) in [5.74, 6) is 1.63. The number of hydrogen-bond donors (Lipinski definition) is 1. The molecule has 0 spiro atoms. The van der Waals surface area contributed by atoms with Crippen LogP contribution in [0.5, 0.6) is 11.5 Å². The normalized spacial score (nSPS) is 10.6. The molecule has 0 aliphatic heterocycles. The molecule has 3 rings (SSSR count). The Morgan fingerprint density at radius 3 is 2.54 bits per heavy atom. The molecule has 0 radical (unpaired) electrons. The summed E-state index contributed by atoms with van der Waals surface area (Å²) < 4.78 is 17.0. The topological polar surface area (TPSA) is 60.7 Å². The van der Waals surface area contributed by atoms with Crippen molar-refractivity contribution in [2.75, 3.05) is 14.2 Å². The first kappa shape index (κ1) is 16.6. The molecule has 1 amide bonds. The van der Waals surface area contributed by atoms with E-state index in [1.54, 1.807) is 26.4 Å². The van der Waals surface area contributed by atoms with Gasteiger partial charge in [0.25, 0.3) is 5.91 Å². The Labute approximate surface area is 153 Å². The van der Waals surface area contributed by atoms with Crippen LogP contribution in [0.4, 0.5) is 0 Å². The molecule has 24 heavy (non-hydrogen) atoms. The van der Waals surface area contributed by atoms with E-state index in [0.29, 0.717) is 29.4 Å². The highest BCUT2D eigenvalue weighted by Gasteiger charge is 2.16. The van der Waals surface area contributed by atoms with Crippen molar-refractivity contribution >= 4 is 39.5 Å². The van der Waals surface area contributed by atoms with E-state index < -0.39 is 0 Å². The van der Waals surface area contributed by atoms with Gasteiger partial charge in [0.15, 0.2) is 11.5 Å². The Balaban J connectivity index is 1.77. The van der Waals surface area contributed by atoms with Gasteiger partial charge in [0.2, 0.25) is 0 Å². The Kier molecular flexibility index (Phi) is 4.94. The van der Waals surface area contributed by atoms with Crippen molar-refractivity contribution in [3.8, 4) is 11.5 Å². The number of halogens is 1. The molecule has 0 saturated heterocycles. The minimum Gasteiger partial charge on any atom is -0.493 e. The number of carbonyl (C=O) groups excluding carboxylic acids is 1. The second kappa shape index (κ2) is 7.12. The second-order valence-corrected chi connectivity index (χ2v) is 6.28. The number of hydrogen-bond acceptors (Lipinski definition) is 4. The highest BCUT2D eigenvalue weighted by Crippen LogP contribution is 2.31. The number of benzene rings is 2. The van der Waals surface area contributed by atoms with Crippen LogP contribution in [-0.4, -0.2) is 20.1 Å². The zero-order valence-electron chi connectivity index (χ0n) is 13.3. The van der Waals surface area contributed by atoms with Crippen LogP contribution < -0.4 is 14.8 Å². The first-order chi connectivity index (χ1) is 11.6. The first-order valence-corrected chi connectivity index (χ1v) is 8.37. The standard InChI is InChI=1S/C18H16INO4/c1-22-16-8-13(14(19)9-17(16)23-2)18(21)20-10-12-7-11-5-3-4-6-15(11)24-12/h3-9H,10H2,1-2H3,(H,20,21). The predicted molar refractivity (Wildman–Crippen MR) is 99.6 cm³/mol. The summed E-state index contributed by atoms with van der Waals surface area (Å²) in [6.45, 7) is 0.317. The molecule has 1 heterocycles. The van der Waals surface area contributed by atoms with Gasteiger partial charge in [-0.25, -0.2) is 0 Å². The van der Waals surface area contributed by atoms with Crippen LogP contribution >= 0.6 is 22.6 Å². The van der Waals surface area contributed by atoms with Gasteiger partial charge in [0.1, 0.15) is 11.3 Å². The highest BCUT2D eigenvalue weighted by atomic mass is 127. The summed E-state index contributed by atoms with van der Waals surface area (Å²) in [5.41, 5.74) is 1.34. The van der Waals surface area contributed by atoms with E-state index in [2.05, 4.69) is 27.9 Å². The molecule has 0 saturated carbocycles. The number of nitrogens with one attached hydrogen (secondary N) is 1. The summed E-state index contributed by atoms with van der Waals surface area (Å²) in [4.78, 5) is 12.5. The molecular formula is C18H16INO4. The number of para-hydroxylation sites is 1. The molecule has 3 aromatic rings. The second-order valence-electron chi connectivity index (χ2n) is 5.12. The molecule has 124 valence electrons. The fraction of sp³-hybridized carbons (Fsp3) is 0.167. The monoisotopic (exact) mass is 437 g/mol. The lowest BCUT2D eigenvalue weighted by molar-refractivity contribution is 0.0947. The van der Waals surface area contributed by atoms with E-state index >= 15 is 0 Å². The van der Waals surface area contributed by atoms with Crippen LogP contribution in [0.1, 0.15) is 16.1 Å². The van der Waals surface area contributed by atoms with Gasteiger partial charge >= 0.3 is 0 Å². The zero-order chi connectivity index (χ0) is 17.1. The molecule has 6 heteroatoms. The van der Waals surface area contributed by atoms with Gasteiger partial charge in [0.05, 0.1) is 26.3 Å². The zero-order valence-corrected chi connectivity index (χ0v) is 15.4.